The molecule has 7 heteroatoms. The lowest BCUT2D eigenvalue weighted by Crippen LogP contribution is -2.45. The third kappa shape index (κ3) is 3.19. The maximum atomic E-state index is 12.4. The highest BCUT2D eigenvalue weighted by atomic mass is 16.5. The highest BCUT2D eigenvalue weighted by molar-refractivity contribution is 5.80. The summed E-state index contributed by atoms with van der Waals surface area (Å²) in [5, 5.41) is 3.27. The number of aromatic amines is 1. The van der Waals surface area contributed by atoms with Crippen LogP contribution in [0, 0.1) is 0 Å². The maximum absolute atomic E-state index is 12.4. The highest BCUT2D eigenvalue weighted by Crippen LogP contribution is 2.07. The van der Waals surface area contributed by atoms with Gasteiger partial charge in [0.05, 0.1) is 30.0 Å². The molecule has 122 valence electrons. The largest absolute Gasteiger partial charge is 0.375 e. The van der Waals surface area contributed by atoms with E-state index < -0.39 is 0 Å². The van der Waals surface area contributed by atoms with E-state index in [0.29, 0.717) is 30.5 Å². The summed E-state index contributed by atoms with van der Waals surface area (Å²) in [4.78, 5) is 38.4. The molecule has 1 fully saturated rings. The van der Waals surface area contributed by atoms with Crippen LogP contribution >= 0.6 is 0 Å². The average molecular weight is 317 g/mol. The quantitative estimate of drug-likeness (QED) is 0.884. The first-order chi connectivity index (χ1) is 11.1. The number of hydrogen-bond donors (Lipinski definition) is 1. The Hall–Kier alpha value is -2.41. The molecule has 23 heavy (non-hydrogen) atoms. The monoisotopic (exact) mass is 317 g/mol. The van der Waals surface area contributed by atoms with Gasteiger partial charge in [-0.25, -0.2) is 4.68 Å². The number of aryl methyl sites for hydroxylation is 1. The second kappa shape index (κ2) is 6.37. The topological polar surface area (TPSA) is 84.4 Å². The van der Waals surface area contributed by atoms with Gasteiger partial charge in [-0.3, -0.25) is 19.5 Å². The average Bonchev–Trinajstić information content (AvgIpc) is 2.56. The van der Waals surface area contributed by atoms with Crippen LogP contribution in [-0.4, -0.2) is 46.4 Å². The molecule has 0 radical (unpaired) electrons. The first kappa shape index (κ1) is 15.5. The summed E-state index contributed by atoms with van der Waals surface area (Å²) in [6, 6.07) is 6.66. The smallest absolute Gasteiger partial charge is 0.273 e. The zero-order chi connectivity index (χ0) is 16.4. The summed E-state index contributed by atoms with van der Waals surface area (Å²) < 4.78 is 6.62. The summed E-state index contributed by atoms with van der Waals surface area (Å²) in [7, 11) is 0. The van der Waals surface area contributed by atoms with Gasteiger partial charge in [0.15, 0.2) is 0 Å². The lowest BCUT2D eigenvalue weighted by molar-refractivity contribution is -0.138. The number of ether oxygens (including phenoxy) is 1. The molecule has 0 unspecified atom stereocenters. The molecule has 1 amide bonds. The molecule has 7 nitrogen and oxygen atoms in total. The first-order valence-electron chi connectivity index (χ1n) is 7.67. The Kier molecular flexibility index (Phi) is 4.29. The standard InChI is InChI=1S/C16H19N3O4/c1-11-10-18(8-9-23-11)14(20)6-7-19-16(22)13-5-3-2-4-12(13)15(21)17-19/h2-5,11H,6-10H2,1H3,(H,17,21)/t11-/m1/s1. The van der Waals surface area contributed by atoms with Gasteiger partial charge in [0, 0.05) is 19.5 Å². The van der Waals surface area contributed by atoms with E-state index in [4.69, 9.17) is 4.74 Å². The molecule has 1 aromatic carbocycles. The molecule has 1 aromatic heterocycles. The minimum absolute atomic E-state index is 0.0240. The van der Waals surface area contributed by atoms with Crippen molar-refractivity contribution in [3.8, 4) is 0 Å². The molecular formula is C16H19N3O4. The van der Waals surface area contributed by atoms with E-state index >= 15 is 0 Å². The molecule has 0 saturated carbocycles. The summed E-state index contributed by atoms with van der Waals surface area (Å²) in [5.74, 6) is -0.0407. The second-order valence-electron chi connectivity index (χ2n) is 5.71. The number of carbonyl (C=O) groups excluding carboxylic acids is 1. The minimum atomic E-state index is -0.326. The Labute approximate surface area is 132 Å². The first-order valence-corrected chi connectivity index (χ1v) is 7.67. The van der Waals surface area contributed by atoms with E-state index in [2.05, 4.69) is 5.10 Å². The lowest BCUT2D eigenvalue weighted by Gasteiger charge is -2.31. The van der Waals surface area contributed by atoms with Crippen molar-refractivity contribution < 1.29 is 9.53 Å². The number of morpholine rings is 1. The Morgan fingerprint density at radius 1 is 1.30 bits per heavy atom. The summed E-state index contributed by atoms with van der Waals surface area (Å²) in [6.07, 6.45) is 0.192. The van der Waals surface area contributed by atoms with Crippen LogP contribution in [0.5, 0.6) is 0 Å². The van der Waals surface area contributed by atoms with Gasteiger partial charge in [0.25, 0.3) is 11.1 Å². The van der Waals surface area contributed by atoms with Crippen LogP contribution in [-0.2, 0) is 16.1 Å². The van der Waals surface area contributed by atoms with Gasteiger partial charge in [0.2, 0.25) is 5.91 Å². The predicted octanol–water partition coefficient (Wildman–Crippen LogP) is 0.327. The van der Waals surface area contributed by atoms with Crippen LogP contribution < -0.4 is 11.1 Å². The SMILES string of the molecule is C[C@@H]1CN(C(=O)CCn2[nH]c(=O)c3ccccc3c2=O)CCO1. The number of nitrogens with zero attached hydrogens (tertiary/aromatic N) is 2. The number of benzene rings is 1. The molecule has 1 aliphatic rings. The van der Waals surface area contributed by atoms with Crippen LogP contribution in [0.2, 0.25) is 0 Å². The van der Waals surface area contributed by atoms with E-state index in [1.807, 2.05) is 6.92 Å². The van der Waals surface area contributed by atoms with Crippen LogP contribution in [0.1, 0.15) is 13.3 Å². The van der Waals surface area contributed by atoms with Gasteiger partial charge in [-0.1, -0.05) is 12.1 Å². The molecule has 1 aliphatic heterocycles. The number of H-pyrrole nitrogens is 1. The van der Waals surface area contributed by atoms with E-state index in [0.717, 1.165) is 0 Å². The summed E-state index contributed by atoms with van der Waals surface area (Å²) in [5.41, 5.74) is -0.615. The van der Waals surface area contributed by atoms with Crippen molar-refractivity contribution in [2.24, 2.45) is 0 Å². The van der Waals surface area contributed by atoms with E-state index in [1.165, 1.54) is 4.68 Å². The molecule has 0 aliphatic carbocycles. The van der Waals surface area contributed by atoms with Crippen LogP contribution in [0.4, 0.5) is 0 Å². The molecule has 2 heterocycles. The van der Waals surface area contributed by atoms with Gasteiger partial charge in [0.1, 0.15) is 0 Å². The van der Waals surface area contributed by atoms with Gasteiger partial charge >= 0.3 is 0 Å². The molecular weight excluding hydrogens is 298 g/mol. The normalized spacial score (nSPS) is 18.3. The Morgan fingerprint density at radius 3 is 2.78 bits per heavy atom. The molecule has 1 saturated heterocycles. The highest BCUT2D eigenvalue weighted by Gasteiger charge is 2.21. The van der Waals surface area contributed by atoms with E-state index in [9.17, 15) is 14.4 Å². The van der Waals surface area contributed by atoms with Crippen molar-refractivity contribution in [1.82, 2.24) is 14.7 Å². The fraction of sp³-hybridized carbons (Fsp3) is 0.438. The number of amides is 1. The minimum Gasteiger partial charge on any atom is -0.375 e. The maximum Gasteiger partial charge on any atom is 0.273 e. The van der Waals surface area contributed by atoms with Crippen molar-refractivity contribution >= 4 is 16.7 Å². The molecule has 0 spiro atoms. The molecule has 1 atom stereocenters. The van der Waals surface area contributed by atoms with E-state index in [-0.39, 0.29) is 36.1 Å². The van der Waals surface area contributed by atoms with Crippen molar-refractivity contribution in [2.75, 3.05) is 19.7 Å². The zero-order valence-electron chi connectivity index (χ0n) is 12.9. The predicted molar refractivity (Wildman–Crippen MR) is 85.4 cm³/mol. The third-order valence-electron chi connectivity index (χ3n) is 4.03. The fourth-order valence-electron chi connectivity index (χ4n) is 2.81. The Balaban J connectivity index is 1.77. The van der Waals surface area contributed by atoms with Crippen LogP contribution in [0.3, 0.4) is 0 Å². The molecule has 2 aromatic rings. The van der Waals surface area contributed by atoms with Crippen molar-refractivity contribution in [3.05, 3.63) is 45.0 Å². The third-order valence-corrected chi connectivity index (χ3v) is 4.03. The van der Waals surface area contributed by atoms with Crippen LogP contribution in [0.15, 0.2) is 33.9 Å². The second-order valence-corrected chi connectivity index (χ2v) is 5.71. The summed E-state index contributed by atoms with van der Waals surface area (Å²) in [6.45, 7) is 3.72. The van der Waals surface area contributed by atoms with Crippen molar-refractivity contribution in [2.45, 2.75) is 26.0 Å². The Morgan fingerprint density at radius 2 is 2.04 bits per heavy atom. The lowest BCUT2D eigenvalue weighted by atomic mass is 10.2. The Bertz CT molecular complexity index is 839. The van der Waals surface area contributed by atoms with E-state index in [1.54, 1.807) is 29.2 Å². The number of aromatic nitrogens is 2. The number of nitrogens with one attached hydrogen (secondary N) is 1. The van der Waals surface area contributed by atoms with Gasteiger partial charge in [-0.2, -0.15) is 0 Å². The molecule has 3 rings (SSSR count). The van der Waals surface area contributed by atoms with Crippen LogP contribution in [0.25, 0.3) is 10.8 Å². The van der Waals surface area contributed by atoms with Gasteiger partial charge in [-0.15, -0.1) is 0 Å². The van der Waals surface area contributed by atoms with Gasteiger partial charge in [-0.05, 0) is 19.1 Å². The molecule has 1 N–H and O–H groups in total. The summed E-state index contributed by atoms with van der Waals surface area (Å²) >= 11 is 0. The zero-order valence-corrected chi connectivity index (χ0v) is 12.9. The number of rotatable bonds is 3. The number of hydrogen-bond acceptors (Lipinski definition) is 4. The van der Waals surface area contributed by atoms with Crippen molar-refractivity contribution in [3.63, 3.8) is 0 Å². The van der Waals surface area contributed by atoms with Gasteiger partial charge < -0.3 is 9.64 Å². The number of carbonyl (C=O) groups is 1. The molecule has 0 bridgehead atoms. The fourth-order valence-corrected chi connectivity index (χ4v) is 2.81. The number of fused-ring (bicyclic) bond motifs is 1. The van der Waals surface area contributed by atoms with Crippen molar-refractivity contribution in [1.29, 1.82) is 0 Å².